The van der Waals surface area contributed by atoms with Crippen LogP contribution in [0.3, 0.4) is 0 Å². The van der Waals surface area contributed by atoms with Crippen LogP contribution in [0.1, 0.15) is 27.1 Å². The summed E-state index contributed by atoms with van der Waals surface area (Å²) >= 11 is 0. The zero-order chi connectivity index (χ0) is 22.4. The minimum absolute atomic E-state index is 0.0560. The molecule has 2 aromatic rings. The molecule has 8 heteroatoms. The summed E-state index contributed by atoms with van der Waals surface area (Å²) in [6.45, 7) is 0.157. The first kappa shape index (κ1) is 22.7. The molecule has 0 saturated carbocycles. The number of ether oxygens (including phenoxy) is 1. The summed E-state index contributed by atoms with van der Waals surface area (Å²) in [5, 5.41) is 26.8. The molecular formula is C23H29N3O5. The largest absolute Gasteiger partial charge is 0.387 e. The lowest BCUT2D eigenvalue weighted by Crippen LogP contribution is -2.48. The molecule has 0 aliphatic carbocycles. The quantitative estimate of drug-likeness (QED) is 0.496. The van der Waals surface area contributed by atoms with E-state index in [9.17, 15) is 19.8 Å². The lowest BCUT2D eigenvalue weighted by Gasteiger charge is -2.26. The molecule has 1 heterocycles. The lowest BCUT2D eigenvalue weighted by molar-refractivity contribution is -0.0538. The third kappa shape index (κ3) is 5.41. The summed E-state index contributed by atoms with van der Waals surface area (Å²) in [7, 11) is 3.71. The molecule has 3 rings (SSSR count). The van der Waals surface area contributed by atoms with E-state index in [4.69, 9.17) is 4.74 Å². The SMILES string of the molecule is CN(C)c1ccccc1C(=O)NC[C@H]1OC[C@@](O)(CCNC(=O)c2ccccc2)[C@@H]1O. The maximum absolute atomic E-state index is 12.6. The number of amides is 2. The van der Waals surface area contributed by atoms with Crippen molar-refractivity contribution in [2.75, 3.05) is 38.7 Å². The van der Waals surface area contributed by atoms with Gasteiger partial charge in [0.1, 0.15) is 17.8 Å². The third-order valence-electron chi connectivity index (χ3n) is 5.42. The van der Waals surface area contributed by atoms with Crippen LogP contribution < -0.4 is 15.5 Å². The molecule has 0 bridgehead atoms. The Kier molecular flexibility index (Phi) is 7.27. The minimum Gasteiger partial charge on any atom is -0.387 e. The van der Waals surface area contributed by atoms with Crippen molar-refractivity contribution in [3.8, 4) is 0 Å². The van der Waals surface area contributed by atoms with Crippen molar-refractivity contribution in [3.05, 3.63) is 65.7 Å². The number of anilines is 1. The van der Waals surface area contributed by atoms with Gasteiger partial charge in [-0.05, 0) is 30.7 Å². The molecule has 8 nitrogen and oxygen atoms in total. The van der Waals surface area contributed by atoms with Gasteiger partial charge in [-0.1, -0.05) is 30.3 Å². The van der Waals surface area contributed by atoms with Crippen molar-refractivity contribution in [2.45, 2.75) is 24.2 Å². The van der Waals surface area contributed by atoms with Gasteiger partial charge < -0.3 is 30.5 Å². The number of para-hydroxylation sites is 1. The second-order valence-corrected chi connectivity index (χ2v) is 7.89. The first-order valence-electron chi connectivity index (χ1n) is 10.2. The predicted molar refractivity (Wildman–Crippen MR) is 117 cm³/mol. The van der Waals surface area contributed by atoms with E-state index in [1.54, 1.807) is 36.4 Å². The van der Waals surface area contributed by atoms with Crippen molar-refractivity contribution >= 4 is 17.5 Å². The molecule has 2 amide bonds. The predicted octanol–water partition coefficient (Wildman–Crippen LogP) is 0.793. The number of nitrogens with one attached hydrogen (secondary N) is 2. The van der Waals surface area contributed by atoms with E-state index in [1.165, 1.54) is 0 Å². The Morgan fingerprint density at radius 2 is 1.74 bits per heavy atom. The van der Waals surface area contributed by atoms with Crippen LogP contribution in [0.5, 0.6) is 0 Å². The summed E-state index contributed by atoms with van der Waals surface area (Å²) in [5.41, 5.74) is 0.315. The molecule has 0 radical (unpaired) electrons. The van der Waals surface area contributed by atoms with E-state index in [0.29, 0.717) is 11.1 Å². The summed E-state index contributed by atoms with van der Waals surface area (Å²) in [4.78, 5) is 26.6. The van der Waals surface area contributed by atoms with Crippen molar-refractivity contribution < 1.29 is 24.5 Å². The average molecular weight is 428 g/mol. The number of aliphatic hydroxyl groups is 2. The molecule has 1 saturated heterocycles. The molecule has 1 aliphatic heterocycles. The van der Waals surface area contributed by atoms with Gasteiger partial charge in [0.15, 0.2) is 0 Å². The zero-order valence-corrected chi connectivity index (χ0v) is 17.7. The van der Waals surface area contributed by atoms with Crippen LogP contribution in [0.25, 0.3) is 0 Å². The molecule has 31 heavy (non-hydrogen) atoms. The van der Waals surface area contributed by atoms with Gasteiger partial charge in [-0.15, -0.1) is 0 Å². The van der Waals surface area contributed by atoms with E-state index in [-0.39, 0.29) is 37.9 Å². The Balaban J connectivity index is 1.50. The number of rotatable bonds is 8. The van der Waals surface area contributed by atoms with Gasteiger partial charge in [0, 0.05) is 38.4 Å². The molecule has 3 atom stereocenters. The molecular weight excluding hydrogens is 398 g/mol. The molecule has 2 aromatic carbocycles. The van der Waals surface area contributed by atoms with Crippen LogP contribution >= 0.6 is 0 Å². The van der Waals surface area contributed by atoms with Gasteiger partial charge in [-0.3, -0.25) is 9.59 Å². The van der Waals surface area contributed by atoms with Crippen molar-refractivity contribution in [1.29, 1.82) is 0 Å². The first-order valence-corrected chi connectivity index (χ1v) is 10.2. The van der Waals surface area contributed by atoms with Crippen LogP contribution in [0.4, 0.5) is 5.69 Å². The van der Waals surface area contributed by atoms with Crippen molar-refractivity contribution in [2.24, 2.45) is 0 Å². The topological polar surface area (TPSA) is 111 Å². The summed E-state index contributed by atoms with van der Waals surface area (Å²) in [5.74, 6) is -0.536. The standard InChI is InChI=1S/C23H29N3O5/c1-26(2)18-11-7-6-10-17(18)22(29)25-14-19-20(27)23(30,15-31-19)12-13-24-21(28)16-8-4-3-5-9-16/h3-11,19-20,27,30H,12-15H2,1-2H3,(H,24,28)(H,25,29)/t19-,20-,23+/m1/s1. The Labute approximate surface area is 181 Å². The number of hydrogen-bond donors (Lipinski definition) is 4. The fourth-order valence-electron chi connectivity index (χ4n) is 3.59. The number of aliphatic hydroxyl groups excluding tert-OH is 1. The number of hydrogen-bond acceptors (Lipinski definition) is 6. The van der Waals surface area contributed by atoms with E-state index in [2.05, 4.69) is 10.6 Å². The molecule has 1 fully saturated rings. The Morgan fingerprint density at radius 1 is 1.06 bits per heavy atom. The van der Waals surface area contributed by atoms with Crippen LogP contribution in [-0.4, -0.2) is 73.6 Å². The van der Waals surface area contributed by atoms with Gasteiger partial charge in [0.05, 0.1) is 12.2 Å². The lowest BCUT2D eigenvalue weighted by atomic mass is 9.92. The van der Waals surface area contributed by atoms with Crippen LogP contribution in [0, 0.1) is 0 Å². The minimum atomic E-state index is -1.50. The summed E-state index contributed by atoms with van der Waals surface area (Å²) in [6.07, 6.45) is -1.81. The third-order valence-corrected chi connectivity index (χ3v) is 5.42. The second kappa shape index (κ2) is 9.91. The van der Waals surface area contributed by atoms with Crippen LogP contribution in [0.2, 0.25) is 0 Å². The number of carbonyl (C=O) groups excluding carboxylic acids is 2. The van der Waals surface area contributed by atoms with Gasteiger partial charge in [-0.2, -0.15) is 0 Å². The molecule has 0 aromatic heterocycles. The Hall–Kier alpha value is -2.94. The first-order chi connectivity index (χ1) is 14.8. The fraction of sp³-hybridized carbons (Fsp3) is 0.391. The highest BCUT2D eigenvalue weighted by Gasteiger charge is 2.47. The molecule has 0 unspecified atom stereocenters. The van der Waals surface area contributed by atoms with E-state index in [1.807, 2.05) is 37.2 Å². The maximum atomic E-state index is 12.6. The normalized spacial score (nSPS) is 22.7. The molecule has 0 spiro atoms. The summed E-state index contributed by atoms with van der Waals surface area (Å²) < 4.78 is 5.55. The number of nitrogens with zero attached hydrogens (tertiary/aromatic N) is 1. The molecule has 4 N–H and O–H groups in total. The second-order valence-electron chi connectivity index (χ2n) is 7.89. The molecule has 1 aliphatic rings. The van der Waals surface area contributed by atoms with Crippen molar-refractivity contribution in [3.63, 3.8) is 0 Å². The van der Waals surface area contributed by atoms with E-state index >= 15 is 0 Å². The smallest absolute Gasteiger partial charge is 0.253 e. The van der Waals surface area contributed by atoms with Gasteiger partial charge in [-0.25, -0.2) is 0 Å². The number of benzene rings is 2. The van der Waals surface area contributed by atoms with Gasteiger partial charge in [0.25, 0.3) is 11.8 Å². The zero-order valence-electron chi connectivity index (χ0n) is 17.7. The monoisotopic (exact) mass is 427 g/mol. The Bertz CT molecular complexity index is 905. The highest BCUT2D eigenvalue weighted by atomic mass is 16.5. The van der Waals surface area contributed by atoms with Crippen LogP contribution in [0.15, 0.2) is 54.6 Å². The highest BCUT2D eigenvalue weighted by molar-refractivity contribution is 5.99. The van der Waals surface area contributed by atoms with Crippen molar-refractivity contribution in [1.82, 2.24) is 10.6 Å². The van der Waals surface area contributed by atoms with Gasteiger partial charge in [0.2, 0.25) is 0 Å². The fourth-order valence-corrected chi connectivity index (χ4v) is 3.59. The van der Waals surface area contributed by atoms with Gasteiger partial charge >= 0.3 is 0 Å². The Morgan fingerprint density at radius 3 is 2.45 bits per heavy atom. The average Bonchev–Trinajstić information content (AvgIpc) is 3.06. The summed E-state index contributed by atoms with van der Waals surface area (Å²) in [6, 6.07) is 16.0. The maximum Gasteiger partial charge on any atom is 0.253 e. The highest BCUT2D eigenvalue weighted by Crippen LogP contribution is 2.27. The molecule has 166 valence electrons. The number of carbonyl (C=O) groups is 2. The van der Waals surface area contributed by atoms with E-state index < -0.39 is 17.8 Å². The van der Waals surface area contributed by atoms with E-state index in [0.717, 1.165) is 5.69 Å². The van der Waals surface area contributed by atoms with Crippen LogP contribution in [-0.2, 0) is 4.74 Å².